The second kappa shape index (κ2) is 12.8. The van der Waals surface area contributed by atoms with Gasteiger partial charge in [0.15, 0.2) is 11.8 Å². The quantitative estimate of drug-likeness (QED) is 0.218. The van der Waals surface area contributed by atoms with Crippen LogP contribution in [0.5, 0.6) is 0 Å². The van der Waals surface area contributed by atoms with Gasteiger partial charge in [-0.25, -0.2) is 9.59 Å². The molecular weight excluding hydrogens is 626 g/mol. The van der Waals surface area contributed by atoms with Gasteiger partial charge in [0.2, 0.25) is 0 Å². The molecule has 0 radical (unpaired) electrons. The number of hydroxylamine groups is 2. The molecule has 274 valence electrons. The van der Waals surface area contributed by atoms with E-state index in [2.05, 4.69) is 46.3 Å². The summed E-state index contributed by atoms with van der Waals surface area (Å²) in [6, 6.07) is -1.79. The molecule has 3 unspecified atom stereocenters. The first kappa shape index (κ1) is 37.5. The maximum atomic E-state index is 14.6. The summed E-state index contributed by atoms with van der Waals surface area (Å²) in [7, 11) is 1.24. The highest BCUT2D eigenvalue weighted by atomic mass is 16.7. The molecule has 5 aliphatic carbocycles. The highest BCUT2D eigenvalue weighted by Crippen LogP contribution is 2.75. The van der Waals surface area contributed by atoms with Gasteiger partial charge in [-0.05, 0) is 109 Å². The van der Waals surface area contributed by atoms with E-state index in [1.807, 2.05) is 6.08 Å². The molecule has 5 aliphatic rings. The van der Waals surface area contributed by atoms with E-state index in [4.69, 9.17) is 4.84 Å². The van der Waals surface area contributed by atoms with Gasteiger partial charge < -0.3 is 19.8 Å². The Morgan fingerprint density at radius 1 is 0.918 bits per heavy atom. The molecule has 0 aromatic carbocycles. The van der Waals surface area contributed by atoms with Crippen molar-refractivity contribution in [1.29, 1.82) is 0 Å². The van der Waals surface area contributed by atoms with E-state index in [0.29, 0.717) is 30.2 Å². The van der Waals surface area contributed by atoms with Crippen LogP contribution in [0, 0.1) is 50.2 Å². The second-order valence-electron chi connectivity index (χ2n) is 18.2. The molecule has 0 aromatic rings. The van der Waals surface area contributed by atoms with Gasteiger partial charge in [0.25, 0.3) is 5.91 Å². The smallest absolute Gasteiger partial charge is 0.332 e. The Morgan fingerprint density at radius 2 is 1.57 bits per heavy atom. The number of carbonyl (C=O) groups excluding carboxylic acids is 4. The summed E-state index contributed by atoms with van der Waals surface area (Å²) in [6.45, 7) is 15.0. The van der Waals surface area contributed by atoms with Crippen molar-refractivity contribution in [3.05, 3.63) is 11.6 Å². The van der Waals surface area contributed by atoms with E-state index >= 15 is 0 Å². The van der Waals surface area contributed by atoms with Crippen molar-refractivity contribution in [2.24, 2.45) is 50.2 Å². The number of aliphatic hydroxyl groups is 1. The lowest BCUT2D eigenvalue weighted by Crippen LogP contribution is -2.65. The summed E-state index contributed by atoms with van der Waals surface area (Å²) in [5.41, 5.74) is -0.501. The maximum absolute atomic E-state index is 14.6. The fraction of sp³-hybridized carbons (Fsp3) is 0.821. The highest BCUT2D eigenvalue weighted by molar-refractivity contribution is 5.96. The summed E-state index contributed by atoms with van der Waals surface area (Å²) in [6.07, 6.45) is 10.7. The molecule has 5 rings (SSSR count). The largest absolute Gasteiger partial charge is 0.480 e. The molecule has 0 heterocycles. The van der Waals surface area contributed by atoms with E-state index in [0.717, 1.165) is 44.1 Å². The van der Waals surface area contributed by atoms with E-state index in [1.54, 1.807) is 6.92 Å². The predicted molar refractivity (Wildman–Crippen MR) is 181 cm³/mol. The molecule has 0 aromatic heterocycles. The molecule has 4 saturated carbocycles. The van der Waals surface area contributed by atoms with Crippen LogP contribution in [-0.2, 0) is 33.5 Å². The van der Waals surface area contributed by atoms with Gasteiger partial charge in [-0.2, -0.15) is 5.06 Å². The summed E-state index contributed by atoms with van der Waals surface area (Å²) in [5, 5.41) is 20.5. The van der Waals surface area contributed by atoms with Crippen LogP contribution in [0.4, 0.5) is 0 Å². The second-order valence-corrected chi connectivity index (χ2v) is 18.2. The first-order valence-corrected chi connectivity index (χ1v) is 18.4. The van der Waals surface area contributed by atoms with Crippen molar-refractivity contribution in [1.82, 2.24) is 5.06 Å². The maximum Gasteiger partial charge on any atom is 0.332 e. The number of hydrogen-bond donors (Lipinski definition) is 2. The zero-order chi connectivity index (χ0) is 36.4. The van der Waals surface area contributed by atoms with Gasteiger partial charge in [-0.15, -0.1) is 0 Å². The molecule has 2 N–H and O–H groups in total. The Labute approximate surface area is 291 Å². The molecule has 10 heteroatoms. The third kappa shape index (κ3) is 5.95. The number of carboxylic acid groups (broad SMARTS) is 1. The number of allylic oxidation sites excluding steroid dienone is 2. The number of aliphatic hydroxyl groups excluding tert-OH is 1. The topological polar surface area (TPSA) is 148 Å². The fourth-order valence-electron chi connectivity index (χ4n) is 11.9. The minimum Gasteiger partial charge on any atom is -0.480 e. The number of methoxy groups -OCH3 is 1. The van der Waals surface area contributed by atoms with Gasteiger partial charge >= 0.3 is 17.9 Å². The minimum atomic E-state index is -1.79. The van der Waals surface area contributed by atoms with Crippen LogP contribution in [0.15, 0.2) is 11.6 Å². The summed E-state index contributed by atoms with van der Waals surface area (Å²) < 4.78 is 4.61. The average Bonchev–Trinajstić information content (AvgIpc) is 3.01. The van der Waals surface area contributed by atoms with E-state index in [-0.39, 0.29) is 64.0 Å². The summed E-state index contributed by atoms with van der Waals surface area (Å²) >= 11 is 0. The number of esters is 1. The van der Waals surface area contributed by atoms with Crippen LogP contribution in [0.25, 0.3) is 0 Å². The van der Waals surface area contributed by atoms with Crippen molar-refractivity contribution in [3.8, 4) is 0 Å². The van der Waals surface area contributed by atoms with E-state index < -0.39 is 41.9 Å². The molecule has 0 spiro atoms. The molecule has 10 nitrogen and oxygen atoms in total. The van der Waals surface area contributed by atoms with Crippen molar-refractivity contribution < 1.29 is 43.8 Å². The molecule has 0 aliphatic heterocycles. The Kier molecular flexibility index (Phi) is 9.78. The zero-order valence-electron chi connectivity index (χ0n) is 31.0. The normalized spacial score (nSPS) is 39.9. The van der Waals surface area contributed by atoms with Crippen LogP contribution in [0.3, 0.4) is 0 Å². The SMILES string of the molecule is COC(=O)CCCC(=O)ON(C(=O)C1(C)CC[C@]2(C)CC[C@]3(C)C(=CC(=O)C4[C@@]5(C)CCCC(C)(C)C5CC[C@]43C)[C@@H]2C1)[C@@H](CO)C(=O)O. The Balaban J connectivity index is 1.47. The van der Waals surface area contributed by atoms with Crippen LogP contribution >= 0.6 is 0 Å². The Morgan fingerprint density at radius 3 is 2.20 bits per heavy atom. The average molecular weight is 686 g/mol. The first-order chi connectivity index (χ1) is 22.7. The number of carbonyl (C=O) groups is 5. The van der Waals surface area contributed by atoms with Gasteiger partial charge in [0.05, 0.1) is 19.1 Å². The molecule has 49 heavy (non-hydrogen) atoms. The van der Waals surface area contributed by atoms with Crippen molar-refractivity contribution in [2.45, 2.75) is 138 Å². The van der Waals surface area contributed by atoms with Gasteiger partial charge in [0, 0.05) is 18.8 Å². The number of ether oxygens (including phenoxy) is 1. The lowest BCUT2D eigenvalue weighted by molar-refractivity contribution is -0.222. The summed E-state index contributed by atoms with van der Waals surface area (Å²) in [5.74, 6) is -3.01. The molecule has 4 fully saturated rings. The Bertz CT molecular complexity index is 1420. The number of aliphatic carboxylic acids is 1. The number of amides is 1. The van der Waals surface area contributed by atoms with Crippen LogP contribution in [0.1, 0.15) is 132 Å². The van der Waals surface area contributed by atoms with Crippen LogP contribution in [-0.4, -0.2) is 64.6 Å². The van der Waals surface area contributed by atoms with Crippen LogP contribution in [0.2, 0.25) is 0 Å². The number of nitrogens with zero attached hydrogens (tertiary/aromatic N) is 1. The van der Waals surface area contributed by atoms with Crippen LogP contribution < -0.4 is 0 Å². The zero-order valence-corrected chi connectivity index (χ0v) is 31.0. The highest BCUT2D eigenvalue weighted by Gasteiger charge is 2.69. The Hall–Kier alpha value is -2.75. The standard InChI is InChI=1S/C39H59NO9/c1-34(2)14-10-15-37(5)28(34)13-16-39(7)31(37)27(42)21-24-25-22-36(4,18-17-35(25,3)19-20-38(24,39)6)33(47)40(26(23-41)32(45)46)49-30(44)12-9-11-29(43)48-8/h21,25-26,28,31,41H,9-20,22-23H2,1-8H3,(H,45,46)/t25-,26-,28?,31?,35+,36?,37-,38+,39+/m0/s1. The molecule has 0 saturated heterocycles. The lowest BCUT2D eigenvalue weighted by Gasteiger charge is -2.70. The van der Waals surface area contributed by atoms with Gasteiger partial charge in [-0.1, -0.05) is 60.5 Å². The van der Waals surface area contributed by atoms with E-state index in [9.17, 15) is 34.2 Å². The molecule has 9 atom stereocenters. The summed E-state index contributed by atoms with van der Waals surface area (Å²) in [4.78, 5) is 71.1. The molecular formula is C39H59NO9. The van der Waals surface area contributed by atoms with E-state index in [1.165, 1.54) is 13.5 Å². The van der Waals surface area contributed by atoms with Crippen molar-refractivity contribution in [2.75, 3.05) is 13.7 Å². The van der Waals surface area contributed by atoms with Crippen molar-refractivity contribution in [3.63, 3.8) is 0 Å². The third-order valence-electron chi connectivity index (χ3n) is 15.0. The first-order valence-electron chi connectivity index (χ1n) is 18.4. The number of hydrogen-bond acceptors (Lipinski definition) is 8. The monoisotopic (exact) mass is 685 g/mol. The molecule has 1 amide bonds. The number of carboxylic acids is 1. The number of rotatable bonds is 8. The lowest BCUT2D eigenvalue weighted by atomic mass is 9.33. The number of ketones is 1. The molecule has 0 bridgehead atoms. The van der Waals surface area contributed by atoms with Crippen molar-refractivity contribution >= 4 is 29.6 Å². The third-order valence-corrected chi connectivity index (χ3v) is 15.0. The predicted octanol–water partition coefficient (Wildman–Crippen LogP) is 6.43. The fourth-order valence-corrected chi connectivity index (χ4v) is 11.9. The van der Waals surface area contributed by atoms with Gasteiger partial charge in [-0.3, -0.25) is 14.4 Å². The minimum absolute atomic E-state index is 0.0379. The number of fused-ring (bicyclic) bond motifs is 7. The van der Waals surface area contributed by atoms with Gasteiger partial charge in [0.1, 0.15) is 0 Å².